The molecule has 6 aromatic heterocycles. The van der Waals surface area contributed by atoms with Crippen molar-refractivity contribution >= 4 is 68.2 Å². The van der Waals surface area contributed by atoms with Crippen molar-refractivity contribution in [3.05, 3.63) is 146 Å². The summed E-state index contributed by atoms with van der Waals surface area (Å²) in [6, 6.07) is 5.96. The van der Waals surface area contributed by atoms with Crippen LogP contribution in [-0.2, 0) is 96.5 Å². The Morgan fingerprint density at radius 2 is 0.858 bits per heavy atom. The number of anilines is 5. The van der Waals surface area contributed by atoms with Crippen molar-refractivity contribution in [2.45, 2.75) is 156 Å². The number of aryl methyl sites for hydroxylation is 1. The lowest BCUT2D eigenvalue weighted by Crippen LogP contribution is -2.54. The molecular weight excluding hydrogens is 1630 g/mol. The molecule has 0 spiro atoms. The number of aromatic nitrogens is 12. The largest absolute Gasteiger partial charge is 0.499 e. The normalized spacial score (nSPS) is 31.2. The highest BCUT2D eigenvalue weighted by Gasteiger charge is 2.55. The summed E-state index contributed by atoms with van der Waals surface area (Å²) in [7, 11) is -27.8. The molecule has 0 bridgehead atoms. The molecule has 24 atom stereocenters. The molecule has 0 aromatic carbocycles. The highest BCUT2D eigenvalue weighted by molar-refractivity contribution is 7.48. The number of phosphoric acid groups is 5. The van der Waals surface area contributed by atoms with Gasteiger partial charge in [0.15, 0.2) is 29.9 Å². The quantitative estimate of drug-likeness (QED) is 0.0139. The molecule has 0 radical (unpaired) electrons. The number of nitrogens with two attached hydrogens (primary N) is 5. The van der Waals surface area contributed by atoms with Crippen molar-refractivity contribution in [2.24, 2.45) is 0 Å². The van der Waals surface area contributed by atoms with Crippen molar-refractivity contribution in [2.75, 3.05) is 68.3 Å². The fourth-order valence-corrected chi connectivity index (χ4v) is 17.5. The molecule has 6 aliphatic rings. The van der Waals surface area contributed by atoms with Crippen LogP contribution in [0.3, 0.4) is 0 Å². The van der Waals surface area contributed by atoms with Crippen LogP contribution in [0.4, 0.5) is 33.5 Å². The van der Waals surface area contributed by atoms with Crippen LogP contribution < -0.4 is 82.1 Å². The molecule has 12 rings (SSSR count). The number of alkyl halides is 1. The zero-order valence-electron chi connectivity index (χ0n) is 58.2. The second-order valence-corrected chi connectivity index (χ2v) is 33.0. The number of phosphoric ester groups is 5. The number of nitrogens with zero attached hydrogens (tertiary/aromatic N) is 8. The van der Waals surface area contributed by atoms with E-state index in [2.05, 4.69) is 29.9 Å². The molecule has 52 nitrogen and oxygen atoms in total. The van der Waals surface area contributed by atoms with Gasteiger partial charge in [-0.25, -0.2) is 41.6 Å². The van der Waals surface area contributed by atoms with E-state index in [1.165, 1.54) is 37.4 Å². The monoisotopic (exact) mass is 1710 g/mol. The van der Waals surface area contributed by atoms with E-state index in [9.17, 15) is 91.1 Å². The Hall–Kier alpha value is -7.76. The lowest BCUT2D eigenvalue weighted by Gasteiger charge is -2.26. The van der Waals surface area contributed by atoms with E-state index in [0.29, 0.717) is 4.57 Å². The number of rotatable bonds is 32. The fraction of sp³-hybridized carbons (Fsp3) is 0.564. The van der Waals surface area contributed by atoms with Crippen LogP contribution in [0.2, 0.25) is 0 Å². The predicted molar refractivity (Wildman–Crippen MR) is 365 cm³/mol. The Labute approximate surface area is 629 Å². The molecule has 21 N–H and O–H groups in total. The summed E-state index contributed by atoms with van der Waals surface area (Å²) in [5, 5.41) is 20.9. The lowest BCUT2D eigenvalue weighted by molar-refractivity contribution is -0.774. The number of nitrogen functional groups attached to an aromatic ring is 5. The van der Waals surface area contributed by atoms with Gasteiger partial charge in [0, 0.05) is 74.5 Å². The average Bonchev–Trinajstić information content (AvgIpc) is 1.63. The number of aromatic amines is 4. The molecule has 6 fully saturated rings. The highest BCUT2D eigenvalue weighted by atomic mass is 31.2. The van der Waals surface area contributed by atoms with Gasteiger partial charge in [0.1, 0.15) is 110 Å². The molecule has 0 saturated carbocycles. The van der Waals surface area contributed by atoms with E-state index in [4.69, 9.17) is 102 Å². The van der Waals surface area contributed by atoms with Crippen molar-refractivity contribution in [3.8, 4) is 0 Å². The van der Waals surface area contributed by atoms with Gasteiger partial charge in [-0.05, 0) is 19.1 Å². The summed E-state index contributed by atoms with van der Waals surface area (Å²) in [6.45, 7) is -5.06. The SMILES string of the molecule is Cc1cn([C@H]2C[C@H](OP(=O)(O)OC[C@H]3O[C@@H]([n+]4ccc(N)[nH]c4=O)C[C@@H]3OP(=O)(O)OC[C@H]3O[C@@H]([n+]4ccc(N)[nH]c4=O)C[C@@H]3OP(=O)(O)OC[C@H]3O[C@@H](n4ccc(N)nc4=O)[C@H](F)[C@@H]3OP(=O)(O)OC[C@H]3O[C@@H](n4ccc(N)nc4=O)C[C@@H]3OP(=O)(O)OC[C@H]3O[C@@H]([n+]4ccc(N)[nH]c4=O)C[C@@H]3O)[C@@H](CO)O2)c(=O)[nH]c1=O. The second-order valence-electron chi connectivity index (χ2n) is 25.9. The summed E-state index contributed by atoms with van der Waals surface area (Å²) in [6.07, 6.45) is -28.1. The van der Waals surface area contributed by atoms with Crippen LogP contribution in [0.5, 0.6) is 0 Å². The minimum Gasteiger partial charge on any atom is -0.394 e. The first-order valence-corrected chi connectivity index (χ1v) is 41.0. The topological polar surface area (TPSA) is 740 Å². The zero-order chi connectivity index (χ0) is 81.6. The molecule has 6 aromatic rings. The minimum absolute atomic E-state index is 0.0132. The van der Waals surface area contributed by atoms with Crippen LogP contribution in [0, 0.1) is 6.92 Å². The van der Waals surface area contributed by atoms with E-state index in [0.717, 1.165) is 59.9 Å². The molecule has 12 heterocycles. The summed E-state index contributed by atoms with van der Waals surface area (Å²) in [5.41, 5.74) is 22.1. The Kier molecular flexibility index (Phi) is 25.6. The average molecular weight is 1710 g/mol. The van der Waals surface area contributed by atoms with Crippen molar-refractivity contribution in [1.29, 1.82) is 0 Å². The van der Waals surface area contributed by atoms with Crippen molar-refractivity contribution in [3.63, 3.8) is 0 Å². The standard InChI is InChI=1S/C55H73FN17O35P5/c1-24-17-73(55(82)67-48(24)76)45-13-26(30(18-74)98-45)104-110(85,86)94-20-32-27(14-42(100-32)69-8-3-37(58)63-51(69)78)106-111(87,88)95-21-33-28(15-43(101-33)70-9-4-38(59)64-52(70)79)107-112(89,90)97-23-35-47(46(56)49(103-35)72-11-6-40(61)66-54(72)81)108-113(91,92)96-22-34-29(16-44(102-34)71-10-5-39(60)65-53(71)80)105-109(83,84)93-19-31-25(75)12-41(99-31)68-7-2-36(57)62-50(68)77/h2-11,17,25-35,41-47,49,74-75H,12-16,18-23H2,1H3,(H16,57,58,59,60,61,62,63,64,65,66,67,76,77,78,79,80,81,82,83,84,85,86,87,88,89,90,91,92)/p+3/t25-,26-,27-,28-,29-,30+,31+,32+,33+,34+,35+,41+,42+,43+,44+,45+,46+,47+,49+/m0/s1. The molecule has 0 aliphatic carbocycles. The Morgan fingerprint density at radius 1 is 0.487 bits per heavy atom. The van der Waals surface area contributed by atoms with Gasteiger partial charge in [0.2, 0.25) is 18.7 Å². The van der Waals surface area contributed by atoms with Crippen LogP contribution in [0.25, 0.3) is 0 Å². The van der Waals surface area contributed by atoms with Gasteiger partial charge in [0.25, 0.3) is 5.56 Å². The summed E-state index contributed by atoms with van der Waals surface area (Å²) < 4.78 is 180. The number of aliphatic hydroxyl groups excluding tert-OH is 2. The fourth-order valence-electron chi connectivity index (χ4n) is 12.7. The number of hydrogen-bond donors (Lipinski definition) is 16. The molecule has 113 heavy (non-hydrogen) atoms. The smallest absolute Gasteiger partial charge is 0.394 e. The van der Waals surface area contributed by atoms with Crippen molar-refractivity contribution in [1.82, 2.24) is 43.6 Å². The van der Waals surface area contributed by atoms with Crippen molar-refractivity contribution < 1.29 is 149 Å². The number of halogens is 1. The minimum atomic E-state index is -5.83. The van der Waals surface area contributed by atoms with E-state index >= 15 is 4.39 Å². The van der Waals surface area contributed by atoms with Crippen LogP contribution in [0.1, 0.15) is 75.0 Å². The molecule has 58 heteroatoms. The van der Waals surface area contributed by atoms with Gasteiger partial charge < -0.3 is 91.8 Å². The third kappa shape index (κ3) is 20.6. The van der Waals surface area contributed by atoms with Crippen LogP contribution >= 0.6 is 39.1 Å². The van der Waals surface area contributed by atoms with E-state index < -0.39 is 255 Å². The molecular formula is C55H76FN17O35P5+3. The second kappa shape index (κ2) is 34.2. The van der Waals surface area contributed by atoms with Gasteiger partial charge in [-0.1, -0.05) is 0 Å². The first-order valence-electron chi connectivity index (χ1n) is 33.5. The van der Waals surface area contributed by atoms with Gasteiger partial charge in [-0.15, -0.1) is 0 Å². The van der Waals surface area contributed by atoms with Gasteiger partial charge in [-0.3, -0.25) is 68.7 Å². The molecule has 5 unspecified atom stereocenters. The van der Waals surface area contributed by atoms with E-state index in [1.807, 2.05) is 0 Å². The zero-order valence-corrected chi connectivity index (χ0v) is 62.7. The van der Waals surface area contributed by atoms with Gasteiger partial charge >= 0.3 is 73.3 Å². The maximum absolute atomic E-state index is 17.0. The van der Waals surface area contributed by atoms with Gasteiger partial charge in [-0.2, -0.15) is 53.0 Å². The first-order chi connectivity index (χ1) is 53.2. The number of ether oxygens (including phenoxy) is 6. The first kappa shape index (κ1) is 84.6. The van der Waals surface area contributed by atoms with E-state index in [1.54, 1.807) is 0 Å². The third-order valence-corrected chi connectivity index (χ3v) is 23.1. The maximum Gasteiger partial charge on any atom is 0.499 e. The maximum atomic E-state index is 17.0. The summed E-state index contributed by atoms with van der Waals surface area (Å²) in [4.78, 5) is 162. The third-order valence-electron chi connectivity index (χ3n) is 18.1. The molecule has 6 saturated heterocycles. The molecule has 620 valence electrons. The summed E-state index contributed by atoms with van der Waals surface area (Å²) in [5.74, 6) is -0.838. The van der Waals surface area contributed by atoms with E-state index in [-0.39, 0.29) is 47.5 Å². The Bertz CT molecular complexity index is 5200. The molecule has 6 aliphatic heterocycles. The summed E-state index contributed by atoms with van der Waals surface area (Å²) >= 11 is 0. The highest BCUT2D eigenvalue weighted by Crippen LogP contribution is 2.56. The molecule has 0 amide bonds. The number of nitrogens with one attached hydrogen (secondary N) is 4. The van der Waals surface area contributed by atoms with Crippen LogP contribution in [0.15, 0.2) is 101 Å². The van der Waals surface area contributed by atoms with Gasteiger partial charge in [0.05, 0.1) is 45.7 Å². The predicted octanol–water partition coefficient (Wildman–Crippen LogP) is -5.16. The number of H-pyrrole nitrogens is 4. The Morgan fingerprint density at radius 3 is 1.30 bits per heavy atom. The lowest BCUT2D eigenvalue weighted by atomic mass is 10.1. The number of aliphatic hydroxyl groups is 2. The number of hydrogen-bond acceptors (Lipinski definition) is 37. The van der Waals surface area contributed by atoms with Crippen LogP contribution in [-0.4, -0.2) is 197 Å². The Balaban J connectivity index is 0.726.